The third kappa shape index (κ3) is 3.51. The zero-order valence-electron chi connectivity index (χ0n) is 15.2. The van der Waals surface area contributed by atoms with Gasteiger partial charge in [0.15, 0.2) is 0 Å². The Labute approximate surface area is 159 Å². The molecule has 0 aliphatic rings. The van der Waals surface area contributed by atoms with Gasteiger partial charge in [-0.2, -0.15) is 4.68 Å². The van der Waals surface area contributed by atoms with Gasteiger partial charge in [0.25, 0.3) is 11.8 Å². The van der Waals surface area contributed by atoms with Crippen LogP contribution in [0.4, 0.5) is 5.69 Å². The lowest BCUT2D eigenvalue weighted by Crippen LogP contribution is -2.19. The number of anilines is 1. The number of carbonyl (C=O) groups excluding carboxylic acids is 2. The maximum Gasteiger partial charge on any atom is 0.259 e. The summed E-state index contributed by atoms with van der Waals surface area (Å²) in [6, 6.07) is 4.83. The van der Waals surface area contributed by atoms with E-state index in [1.807, 2.05) is 13.8 Å². The van der Waals surface area contributed by atoms with Gasteiger partial charge in [0.2, 0.25) is 0 Å². The maximum absolute atomic E-state index is 13.0. The molecule has 0 aliphatic heterocycles. The van der Waals surface area contributed by atoms with Crippen molar-refractivity contribution in [2.45, 2.75) is 13.8 Å². The Morgan fingerprint density at radius 3 is 2.63 bits per heavy atom. The lowest BCUT2D eigenvalue weighted by Gasteiger charge is -2.12. The van der Waals surface area contributed by atoms with Crippen LogP contribution < -0.4 is 15.4 Å². The number of amides is 2. The number of carbonyl (C=O) groups is 2. The quantitative estimate of drug-likeness (QED) is 0.693. The molecule has 27 heavy (non-hydrogen) atoms. The van der Waals surface area contributed by atoms with Crippen LogP contribution in [0, 0.1) is 13.8 Å². The van der Waals surface area contributed by atoms with Gasteiger partial charge in [0, 0.05) is 17.5 Å². The molecule has 0 aliphatic carbocycles. The van der Waals surface area contributed by atoms with Crippen molar-refractivity contribution in [1.29, 1.82) is 0 Å². The zero-order valence-corrected chi connectivity index (χ0v) is 16.0. The van der Waals surface area contributed by atoms with Crippen LogP contribution in [0.5, 0.6) is 5.75 Å². The van der Waals surface area contributed by atoms with Crippen LogP contribution >= 0.6 is 11.3 Å². The molecule has 0 saturated heterocycles. The Kier molecular flexibility index (Phi) is 5.17. The molecule has 1 aromatic carbocycles. The fourth-order valence-corrected chi connectivity index (χ4v) is 3.64. The third-order valence-corrected chi connectivity index (χ3v) is 5.28. The molecule has 10 heteroatoms. The van der Waals surface area contributed by atoms with Crippen molar-refractivity contribution < 1.29 is 14.3 Å². The molecule has 0 bridgehead atoms. The Morgan fingerprint density at radius 2 is 2.00 bits per heavy atom. The normalized spacial score (nSPS) is 10.5. The summed E-state index contributed by atoms with van der Waals surface area (Å²) in [7, 11) is 3.04. The van der Waals surface area contributed by atoms with Gasteiger partial charge in [0.05, 0.1) is 18.4 Å². The van der Waals surface area contributed by atoms with E-state index in [-0.39, 0.29) is 11.8 Å². The molecule has 0 fully saturated rings. The summed E-state index contributed by atoms with van der Waals surface area (Å²) in [5.74, 6) is -0.149. The van der Waals surface area contributed by atoms with Gasteiger partial charge < -0.3 is 15.4 Å². The van der Waals surface area contributed by atoms with Crippen LogP contribution in [-0.4, -0.2) is 46.2 Å². The average molecular weight is 386 g/mol. The number of nitrogens with zero attached hydrogens (tertiary/aromatic N) is 4. The van der Waals surface area contributed by atoms with E-state index >= 15 is 0 Å². The molecule has 0 spiro atoms. The van der Waals surface area contributed by atoms with E-state index in [9.17, 15) is 9.59 Å². The summed E-state index contributed by atoms with van der Waals surface area (Å²) in [5.41, 5.74) is 2.11. The highest BCUT2D eigenvalue weighted by atomic mass is 32.1. The highest BCUT2D eigenvalue weighted by Crippen LogP contribution is 2.32. The first kappa shape index (κ1) is 18.5. The molecule has 140 valence electrons. The lowest BCUT2D eigenvalue weighted by molar-refractivity contribution is 0.0961. The second kappa shape index (κ2) is 7.54. The minimum atomic E-state index is -0.338. The van der Waals surface area contributed by atoms with Crippen molar-refractivity contribution in [1.82, 2.24) is 25.5 Å². The van der Waals surface area contributed by atoms with Crippen molar-refractivity contribution in [3.8, 4) is 10.8 Å². The number of benzene rings is 1. The smallest absolute Gasteiger partial charge is 0.259 e. The van der Waals surface area contributed by atoms with Crippen LogP contribution in [-0.2, 0) is 0 Å². The second-order valence-electron chi connectivity index (χ2n) is 5.67. The highest BCUT2D eigenvalue weighted by Gasteiger charge is 2.23. The number of aryl methyl sites for hydroxylation is 1. The van der Waals surface area contributed by atoms with E-state index in [2.05, 4.69) is 26.2 Å². The predicted molar refractivity (Wildman–Crippen MR) is 101 cm³/mol. The van der Waals surface area contributed by atoms with Gasteiger partial charge in [-0.1, -0.05) is 0 Å². The minimum absolute atomic E-state index is 0.259. The Hall–Kier alpha value is -3.27. The van der Waals surface area contributed by atoms with Crippen LogP contribution in [0.25, 0.3) is 5.00 Å². The maximum atomic E-state index is 13.0. The number of ether oxygens (including phenoxy) is 1. The highest BCUT2D eigenvalue weighted by molar-refractivity contribution is 7.15. The first-order valence-electron chi connectivity index (χ1n) is 8.01. The van der Waals surface area contributed by atoms with E-state index in [4.69, 9.17) is 4.74 Å². The summed E-state index contributed by atoms with van der Waals surface area (Å²) < 4.78 is 6.76. The molecule has 2 N–H and O–H groups in total. The summed E-state index contributed by atoms with van der Waals surface area (Å²) >= 11 is 1.42. The molecule has 0 atom stereocenters. The van der Waals surface area contributed by atoms with Crippen molar-refractivity contribution >= 4 is 28.8 Å². The largest absolute Gasteiger partial charge is 0.495 e. The molecule has 0 radical (unpaired) electrons. The molecular weight excluding hydrogens is 368 g/mol. The molecular formula is C17H18N6O3S. The SMILES string of the molecule is CNC(=O)c1ccc(OC)c(NC(=O)c2c(-n3cnnn3)sc(C)c2C)c1. The lowest BCUT2D eigenvalue weighted by atomic mass is 10.1. The monoisotopic (exact) mass is 386 g/mol. The van der Waals surface area contributed by atoms with Crippen LogP contribution in [0.1, 0.15) is 31.2 Å². The van der Waals surface area contributed by atoms with E-state index in [0.29, 0.717) is 27.6 Å². The van der Waals surface area contributed by atoms with Crippen molar-refractivity contribution in [2.24, 2.45) is 0 Å². The van der Waals surface area contributed by atoms with Gasteiger partial charge in [-0.05, 0) is 48.0 Å². The Balaban J connectivity index is 2.00. The first-order valence-corrected chi connectivity index (χ1v) is 8.82. The standard InChI is InChI=1S/C17H18N6O3S/c1-9-10(2)27-17(23-8-19-21-22-23)14(9)16(25)20-12-7-11(15(24)18-3)5-6-13(12)26-4/h5-8H,1-4H3,(H,18,24)(H,20,25). The van der Waals surface area contributed by atoms with E-state index in [0.717, 1.165) is 10.4 Å². The molecule has 2 aromatic heterocycles. The number of methoxy groups -OCH3 is 1. The van der Waals surface area contributed by atoms with E-state index < -0.39 is 0 Å². The van der Waals surface area contributed by atoms with Gasteiger partial charge in [-0.3, -0.25) is 9.59 Å². The minimum Gasteiger partial charge on any atom is -0.495 e. The molecule has 2 amide bonds. The van der Waals surface area contributed by atoms with Crippen LogP contribution in [0.2, 0.25) is 0 Å². The first-order chi connectivity index (χ1) is 13.0. The van der Waals surface area contributed by atoms with Gasteiger partial charge in [0.1, 0.15) is 17.1 Å². The molecule has 2 heterocycles. The summed E-state index contributed by atoms with van der Waals surface area (Å²) in [4.78, 5) is 25.9. The number of thiophene rings is 1. The van der Waals surface area contributed by atoms with Crippen molar-refractivity contribution in [3.05, 3.63) is 46.1 Å². The Morgan fingerprint density at radius 1 is 1.22 bits per heavy atom. The number of hydrogen-bond acceptors (Lipinski definition) is 7. The topological polar surface area (TPSA) is 111 Å². The Bertz CT molecular complexity index is 997. The summed E-state index contributed by atoms with van der Waals surface area (Å²) in [6.45, 7) is 3.80. The molecule has 3 aromatic rings. The summed E-state index contributed by atoms with van der Waals surface area (Å²) in [6.07, 6.45) is 1.44. The molecule has 0 unspecified atom stereocenters. The predicted octanol–water partition coefficient (Wildman–Crippen LogP) is 1.96. The van der Waals surface area contributed by atoms with Gasteiger partial charge >= 0.3 is 0 Å². The number of hydrogen-bond donors (Lipinski definition) is 2. The average Bonchev–Trinajstić information content (AvgIpc) is 3.29. The number of aromatic nitrogens is 4. The number of rotatable bonds is 5. The van der Waals surface area contributed by atoms with Crippen LogP contribution in [0.15, 0.2) is 24.5 Å². The van der Waals surface area contributed by atoms with Crippen molar-refractivity contribution in [3.63, 3.8) is 0 Å². The third-order valence-electron chi connectivity index (χ3n) is 4.09. The fourth-order valence-electron chi connectivity index (χ4n) is 2.57. The van der Waals surface area contributed by atoms with Crippen LogP contribution in [0.3, 0.4) is 0 Å². The number of nitrogens with one attached hydrogen (secondary N) is 2. The van der Waals surface area contributed by atoms with E-state index in [1.54, 1.807) is 25.2 Å². The molecule has 9 nitrogen and oxygen atoms in total. The van der Waals surface area contributed by atoms with E-state index in [1.165, 1.54) is 29.5 Å². The van der Waals surface area contributed by atoms with Crippen molar-refractivity contribution in [2.75, 3.05) is 19.5 Å². The van der Waals surface area contributed by atoms with Gasteiger partial charge in [-0.15, -0.1) is 16.4 Å². The second-order valence-corrected chi connectivity index (χ2v) is 6.87. The number of tetrazole rings is 1. The van der Waals surface area contributed by atoms with Gasteiger partial charge in [-0.25, -0.2) is 0 Å². The molecule has 0 saturated carbocycles. The fraction of sp³-hybridized carbons (Fsp3) is 0.235. The zero-order chi connectivity index (χ0) is 19.6. The summed E-state index contributed by atoms with van der Waals surface area (Å²) in [5, 5.41) is 17.2. The molecule has 3 rings (SSSR count).